The number of aryl methyl sites for hydroxylation is 3. The van der Waals surface area contributed by atoms with Crippen LogP contribution in [0.3, 0.4) is 0 Å². The van der Waals surface area contributed by atoms with Crippen LogP contribution in [0.4, 0.5) is 0 Å². The highest BCUT2D eigenvalue weighted by Gasteiger charge is 2.21. The van der Waals surface area contributed by atoms with E-state index < -0.39 is 0 Å². The summed E-state index contributed by atoms with van der Waals surface area (Å²) < 4.78 is 2.31. The summed E-state index contributed by atoms with van der Waals surface area (Å²) in [7, 11) is 0. The van der Waals surface area contributed by atoms with E-state index in [1.807, 2.05) is 12.3 Å². The van der Waals surface area contributed by atoms with Crippen LogP contribution in [0.5, 0.6) is 0 Å². The first-order valence-corrected chi connectivity index (χ1v) is 7.80. The summed E-state index contributed by atoms with van der Waals surface area (Å²) in [6.45, 7) is 7.18. The molecule has 0 saturated heterocycles. The van der Waals surface area contributed by atoms with Crippen molar-refractivity contribution in [3.63, 3.8) is 0 Å². The fraction of sp³-hybridized carbons (Fsp3) is 0.562. The molecule has 0 aromatic carbocycles. The molecule has 0 aliphatic carbocycles. The van der Waals surface area contributed by atoms with Crippen LogP contribution < -0.4 is 5.32 Å². The predicted molar refractivity (Wildman–Crippen MR) is 81.9 cm³/mol. The molecule has 0 fully saturated rings. The molecule has 2 aromatic heterocycles. The Kier molecular flexibility index (Phi) is 4.29. The third-order valence-corrected chi connectivity index (χ3v) is 4.30. The average Bonchev–Trinajstić information content (AvgIpc) is 2.91. The minimum atomic E-state index is 0.663. The maximum absolute atomic E-state index is 4.33. The number of nitrogens with one attached hydrogen (secondary N) is 1. The third kappa shape index (κ3) is 3.13. The zero-order chi connectivity index (χ0) is 14.7. The van der Waals surface area contributed by atoms with Gasteiger partial charge in [0, 0.05) is 37.8 Å². The van der Waals surface area contributed by atoms with Crippen molar-refractivity contribution in [1.82, 2.24) is 25.1 Å². The van der Waals surface area contributed by atoms with Gasteiger partial charge in [0.15, 0.2) is 0 Å². The summed E-state index contributed by atoms with van der Waals surface area (Å²) >= 11 is 0. The molecule has 3 heterocycles. The topological polar surface area (TPSA) is 55.6 Å². The van der Waals surface area contributed by atoms with Gasteiger partial charge in [0.1, 0.15) is 11.6 Å². The summed E-state index contributed by atoms with van der Waals surface area (Å²) in [5, 5.41) is 12.1. The van der Waals surface area contributed by atoms with Crippen molar-refractivity contribution in [1.29, 1.82) is 0 Å². The monoisotopic (exact) mass is 285 g/mol. The normalized spacial score (nSPS) is 17.7. The lowest BCUT2D eigenvalue weighted by Gasteiger charge is -2.24. The highest BCUT2D eigenvalue weighted by Crippen LogP contribution is 2.20. The van der Waals surface area contributed by atoms with Crippen LogP contribution in [0.25, 0.3) is 0 Å². The quantitative estimate of drug-likeness (QED) is 0.911. The molecule has 1 N–H and O–H groups in total. The smallest absolute Gasteiger partial charge is 0.133 e. The van der Waals surface area contributed by atoms with E-state index in [0.717, 1.165) is 49.8 Å². The number of hydrogen-bond acceptors (Lipinski definition) is 4. The van der Waals surface area contributed by atoms with E-state index in [1.54, 1.807) is 0 Å². The largest absolute Gasteiger partial charge is 0.315 e. The molecule has 5 heteroatoms. The second-order valence-electron chi connectivity index (χ2n) is 5.78. The molecule has 2 aromatic rings. The Morgan fingerprint density at radius 2 is 2.29 bits per heavy atom. The van der Waals surface area contributed by atoms with Gasteiger partial charge in [-0.25, -0.2) is 0 Å². The number of pyridine rings is 1. The van der Waals surface area contributed by atoms with E-state index >= 15 is 0 Å². The van der Waals surface area contributed by atoms with Gasteiger partial charge in [-0.3, -0.25) is 4.98 Å². The van der Waals surface area contributed by atoms with Crippen LogP contribution in [0.1, 0.15) is 36.3 Å². The van der Waals surface area contributed by atoms with Gasteiger partial charge in [-0.2, -0.15) is 0 Å². The summed E-state index contributed by atoms with van der Waals surface area (Å²) in [5.41, 5.74) is 2.40. The molecule has 112 valence electrons. The van der Waals surface area contributed by atoms with Crippen molar-refractivity contribution in [2.24, 2.45) is 5.92 Å². The number of aromatic nitrogens is 4. The third-order valence-electron chi connectivity index (χ3n) is 4.30. The van der Waals surface area contributed by atoms with E-state index in [0.29, 0.717) is 5.92 Å². The van der Waals surface area contributed by atoms with E-state index in [-0.39, 0.29) is 0 Å². The SMILES string of the molecule is CCc1nnc2n1C[C@@H](CNCc1cccnc1C)CC2. The van der Waals surface area contributed by atoms with Gasteiger partial charge in [0.2, 0.25) is 0 Å². The zero-order valence-corrected chi connectivity index (χ0v) is 12.8. The number of rotatable bonds is 5. The lowest BCUT2D eigenvalue weighted by Crippen LogP contribution is -2.30. The number of hydrogen-bond donors (Lipinski definition) is 1. The first kappa shape index (κ1) is 14.2. The van der Waals surface area contributed by atoms with Crippen LogP contribution in [-0.2, 0) is 25.9 Å². The Balaban J connectivity index is 1.54. The van der Waals surface area contributed by atoms with Crippen LogP contribution in [0.15, 0.2) is 18.3 Å². The molecule has 0 amide bonds. The molecule has 0 unspecified atom stereocenters. The molecule has 0 spiro atoms. The molecule has 1 aliphatic heterocycles. The molecule has 21 heavy (non-hydrogen) atoms. The fourth-order valence-corrected chi connectivity index (χ4v) is 2.99. The highest BCUT2D eigenvalue weighted by molar-refractivity contribution is 5.17. The van der Waals surface area contributed by atoms with E-state index in [2.05, 4.69) is 45.0 Å². The maximum Gasteiger partial charge on any atom is 0.133 e. The molecule has 3 rings (SSSR count). The van der Waals surface area contributed by atoms with Crippen molar-refractivity contribution in [2.45, 2.75) is 46.2 Å². The van der Waals surface area contributed by atoms with Crippen LogP contribution in [-0.4, -0.2) is 26.3 Å². The van der Waals surface area contributed by atoms with E-state index in [4.69, 9.17) is 0 Å². The van der Waals surface area contributed by atoms with Gasteiger partial charge in [-0.15, -0.1) is 10.2 Å². The first-order chi connectivity index (χ1) is 10.3. The van der Waals surface area contributed by atoms with E-state index in [1.165, 1.54) is 12.0 Å². The van der Waals surface area contributed by atoms with Gasteiger partial charge >= 0.3 is 0 Å². The Morgan fingerprint density at radius 1 is 1.38 bits per heavy atom. The van der Waals surface area contributed by atoms with Crippen molar-refractivity contribution in [3.8, 4) is 0 Å². The van der Waals surface area contributed by atoms with Crippen LogP contribution in [0, 0.1) is 12.8 Å². The molecule has 0 saturated carbocycles. The second-order valence-corrected chi connectivity index (χ2v) is 5.78. The first-order valence-electron chi connectivity index (χ1n) is 7.80. The minimum Gasteiger partial charge on any atom is -0.315 e. The Bertz CT molecular complexity index is 591. The molecule has 5 nitrogen and oxygen atoms in total. The van der Waals surface area contributed by atoms with Gasteiger partial charge < -0.3 is 9.88 Å². The lowest BCUT2D eigenvalue weighted by molar-refractivity contribution is 0.342. The molecule has 1 aliphatic rings. The molecular weight excluding hydrogens is 262 g/mol. The highest BCUT2D eigenvalue weighted by atomic mass is 15.3. The van der Waals surface area contributed by atoms with Crippen LogP contribution >= 0.6 is 0 Å². The second kappa shape index (κ2) is 6.35. The standard InChI is InChI=1S/C16H23N5/c1-3-15-19-20-16-7-6-13(11-21(15)16)9-17-10-14-5-4-8-18-12(14)2/h4-5,8,13,17H,3,6-7,9-11H2,1-2H3/t13-/m1/s1. The number of nitrogens with zero attached hydrogens (tertiary/aromatic N) is 4. The summed E-state index contributed by atoms with van der Waals surface area (Å²) in [5.74, 6) is 2.94. The lowest BCUT2D eigenvalue weighted by atomic mass is 9.99. The number of fused-ring (bicyclic) bond motifs is 1. The van der Waals surface area contributed by atoms with Gasteiger partial charge in [0.25, 0.3) is 0 Å². The minimum absolute atomic E-state index is 0.663. The Morgan fingerprint density at radius 3 is 3.10 bits per heavy atom. The average molecular weight is 285 g/mol. The van der Waals surface area contributed by atoms with Gasteiger partial charge in [-0.1, -0.05) is 13.0 Å². The summed E-state index contributed by atoms with van der Waals surface area (Å²) in [6.07, 6.45) is 5.05. The summed E-state index contributed by atoms with van der Waals surface area (Å²) in [6, 6.07) is 4.14. The van der Waals surface area contributed by atoms with Crippen molar-refractivity contribution in [2.75, 3.05) is 6.54 Å². The Labute approximate surface area is 125 Å². The van der Waals surface area contributed by atoms with Crippen LogP contribution in [0.2, 0.25) is 0 Å². The summed E-state index contributed by atoms with van der Waals surface area (Å²) in [4.78, 5) is 4.33. The molecule has 1 atom stereocenters. The fourth-order valence-electron chi connectivity index (χ4n) is 2.99. The maximum atomic E-state index is 4.33. The Hall–Kier alpha value is -1.75. The van der Waals surface area contributed by atoms with Crippen molar-refractivity contribution in [3.05, 3.63) is 41.2 Å². The van der Waals surface area contributed by atoms with Gasteiger partial charge in [0.05, 0.1) is 0 Å². The van der Waals surface area contributed by atoms with E-state index in [9.17, 15) is 0 Å². The van der Waals surface area contributed by atoms with Gasteiger partial charge in [-0.05, 0) is 37.4 Å². The molecular formula is C16H23N5. The zero-order valence-electron chi connectivity index (χ0n) is 12.8. The van der Waals surface area contributed by atoms with Crippen molar-refractivity contribution >= 4 is 0 Å². The molecule has 0 bridgehead atoms. The predicted octanol–water partition coefficient (Wildman–Crippen LogP) is 1.90. The molecule has 0 radical (unpaired) electrons. The van der Waals surface area contributed by atoms with Crippen molar-refractivity contribution < 1.29 is 0 Å².